The Morgan fingerprint density at radius 2 is 1.76 bits per heavy atom. The standard InChI is InChI=1S/C19H18ClN3O5S/c20-16-5-3-6-17(14-16)29(27,28)22-12-10-21(11-13-22)19(24)9-8-15-4-1-2-7-18(15)23(25)26/h1-9,14H,10-13H2. The second-order valence-electron chi connectivity index (χ2n) is 6.34. The first-order chi connectivity index (χ1) is 13.8. The first kappa shape index (κ1) is 21.0. The Balaban J connectivity index is 1.65. The zero-order valence-electron chi connectivity index (χ0n) is 15.3. The predicted octanol–water partition coefficient (Wildman–Crippen LogP) is 2.79. The zero-order chi connectivity index (χ0) is 21.0. The molecule has 1 amide bonds. The summed E-state index contributed by atoms with van der Waals surface area (Å²) in [4.78, 5) is 24.6. The maximum atomic E-state index is 12.7. The molecule has 8 nitrogen and oxygen atoms in total. The molecule has 3 rings (SSSR count). The average Bonchev–Trinajstić information content (AvgIpc) is 2.72. The lowest BCUT2D eigenvalue weighted by Gasteiger charge is -2.33. The van der Waals surface area contributed by atoms with E-state index in [0.29, 0.717) is 10.6 Å². The van der Waals surface area contributed by atoms with Crippen molar-refractivity contribution in [2.45, 2.75) is 4.90 Å². The lowest BCUT2D eigenvalue weighted by Crippen LogP contribution is -2.50. The molecule has 0 atom stereocenters. The lowest BCUT2D eigenvalue weighted by atomic mass is 10.1. The van der Waals surface area contributed by atoms with Gasteiger partial charge in [0.2, 0.25) is 15.9 Å². The maximum Gasteiger partial charge on any atom is 0.276 e. The van der Waals surface area contributed by atoms with Gasteiger partial charge in [-0.3, -0.25) is 14.9 Å². The van der Waals surface area contributed by atoms with Crippen molar-refractivity contribution in [3.05, 3.63) is 75.3 Å². The van der Waals surface area contributed by atoms with Crippen molar-refractivity contribution < 1.29 is 18.1 Å². The minimum Gasteiger partial charge on any atom is -0.337 e. The number of benzene rings is 2. The van der Waals surface area contributed by atoms with Crippen LogP contribution in [0.2, 0.25) is 5.02 Å². The fraction of sp³-hybridized carbons (Fsp3) is 0.211. The summed E-state index contributed by atoms with van der Waals surface area (Å²) in [5, 5.41) is 11.4. The monoisotopic (exact) mass is 435 g/mol. The second-order valence-corrected chi connectivity index (χ2v) is 8.71. The molecule has 1 fully saturated rings. The number of hydrogen-bond acceptors (Lipinski definition) is 5. The molecule has 2 aromatic rings. The fourth-order valence-corrected chi connectivity index (χ4v) is 4.71. The quantitative estimate of drug-likeness (QED) is 0.408. The molecule has 1 saturated heterocycles. The summed E-state index contributed by atoms with van der Waals surface area (Å²) in [6.45, 7) is 0.750. The summed E-state index contributed by atoms with van der Waals surface area (Å²) in [5.41, 5.74) is 0.238. The summed E-state index contributed by atoms with van der Waals surface area (Å²) < 4.78 is 26.7. The van der Waals surface area contributed by atoms with Crippen LogP contribution in [0, 0.1) is 10.1 Å². The lowest BCUT2D eigenvalue weighted by molar-refractivity contribution is -0.385. The highest BCUT2D eigenvalue weighted by atomic mass is 35.5. The summed E-state index contributed by atoms with van der Waals surface area (Å²) in [6.07, 6.45) is 2.67. The summed E-state index contributed by atoms with van der Waals surface area (Å²) in [6, 6.07) is 12.2. The van der Waals surface area contributed by atoms with Crippen molar-refractivity contribution in [1.29, 1.82) is 0 Å². The van der Waals surface area contributed by atoms with E-state index < -0.39 is 14.9 Å². The van der Waals surface area contributed by atoms with E-state index >= 15 is 0 Å². The van der Waals surface area contributed by atoms with Gasteiger partial charge in [-0.15, -0.1) is 0 Å². The van der Waals surface area contributed by atoms with E-state index in [2.05, 4.69) is 0 Å². The molecular weight excluding hydrogens is 418 g/mol. The third-order valence-electron chi connectivity index (χ3n) is 4.52. The highest BCUT2D eigenvalue weighted by Crippen LogP contribution is 2.22. The average molecular weight is 436 g/mol. The molecule has 0 aliphatic carbocycles. The summed E-state index contributed by atoms with van der Waals surface area (Å²) in [5.74, 6) is -0.331. The molecule has 1 heterocycles. The highest BCUT2D eigenvalue weighted by Gasteiger charge is 2.29. The van der Waals surface area contributed by atoms with Gasteiger partial charge >= 0.3 is 0 Å². The molecule has 0 radical (unpaired) electrons. The van der Waals surface area contributed by atoms with Crippen LogP contribution in [0.5, 0.6) is 0 Å². The van der Waals surface area contributed by atoms with Crippen LogP contribution in [0.25, 0.3) is 6.08 Å². The van der Waals surface area contributed by atoms with Gasteiger partial charge < -0.3 is 4.90 Å². The molecule has 1 aliphatic rings. The zero-order valence-corrected chi connectivity index (χ0v) is 16.8. The van der Waals surface area contributed by atoms with Gasteiger partial charge in [0.25, 0.3) is 5.69 Å². The molecule has 0 unspecified atom stereocenters. The number of rotatable bonds is 5. The minimum atomic E-state index is -3.69. The van der Waals surface area contributed by atoms with Crippen LogP contribution in [0.3, 0.4) is 0 Å². The molecule has 0 saturated carbocycles. The van der Waals surface area contributed by atoms with Gasteiger partial charge in [-0.05, 0) is 30.3 Å². The Labute approximate surface area is 173 Å². The smallest absolute Gasteiger partial charge is 0.276 e. The highest BCUT2D eigenvalue weighted by molar-refractivity contribution is 7.89. The molecule has 29 heavy (non-hydrogen) atoms. The Hall–Kier alpha value is -2.75. The third kappa shape index (κ3) is 4.81. The van der Waals surface area contributed by atoms with Crippen molar-refractivity contribution >= 4 is 39.3 Å². The normalized spacial score (nSPS) is 15.6. The molecule has 10 heteroatoms. The van der Waals surface area contributed by atoms with Crippen LogP contribution in [0.1, 0.15) is 5.56 Å². The molecule has 1 aliphatic heterocycles. The number of carbonyl (C=O) groups is 1. The molecule has 0 aromatic heterocycles. The van der Waals surface area contributed by atoms with Gasteiger partial charge in [-0.2, -0.15) is 4.31 Å². The van der Waals surface area contributed by atoms with E-state index in [1.54, 1.807) is 30.3 Å². The number of nitro groups is 1. The van der Waals surface area contributed by atoms with E-state index in [0.717, 1.165) is 0 Å². The van der Waals surface area contributed by atoms with Crippen molar-refractivity contribution in [3.63, 3.8) is 0 Å². The molecular formula is C19H18ClN3O5S. The van der Waals surface area contributed by atoms with Crippen LogP contribution in [-0.4, -0.2) is 54.6 Å². The molecule has 0 spiro atoms. The number of amides is 1. The summed E-state index contributed by atoms with van der Waals surface area (Å²) in [7, 11) is -3.69. The van der Waals surface area contributed by atoms with Crippen molar-refractivity contribution in [2.75, 3.05) is 26.2 Å². The van der Waals surface area contributed by atoms with E-state index in [9.17, 15) is 23.3 Å². The Morgan fingerprint density at radius 1 is 1.07 bits per heavy atom. The minimum absolute atomic E-state index is 0.0889. The van der Waals surface area contributed by atoms with Crippen molar-refractivity contribution in [2.24, 2.45) is 0 Å². The van der Waals surface area contributed by atoms with Crippen LogP contribution in [-0.2, 0) is 14.8 Å². The Morgan fingerprint density at radius 3 is 2.41 bits per heavy atom. The largest absolute Gasteiger partial charge is 0.337 e. The number of para-hydroxylation sites is 1. The van der Waals surface area contributed by atoms with Crippen LogP contribution in [0.4, 0.5) is 5.69 Å². The number of carbonyl (C=O) groups excluding carboxylic acids is 1. The van der Waals surface area contributed by atoms with Gasteiger partial charge in [0, 0.05) is 43.3 Å². The number of nitro benzene ring substituents is 1. The number of sulfonamides is 1. The first-order valence-corrected chi connectivity index (χ1v) is 10.6. The number of nitrogens with zero attached hydrogens (tertiary/aromatic N) is 3. The number of halogens is 1. The van der Waals surface area contributed by atoms with Gasteiger partial charge in [0.1, 0.15) is 0 Å². The topological polar surface area (TPSA) is 101 Å². The van der Waals surface area contributed by atoms with E-state index in [4.69, 9.17) is 11.6 Å². The fourth-order valence-electron chi connectivity index (χ4n) is 2.99. The van der Waals surface area contributed by atoms with Gasteiger partial charge in [0.05, 0.1) is 15.4 Å². The van der Waals surface area contributed by atoms with E-state index in [-0.39, 0.29) is 42.7 Å². The van der Waals surface area contributed by atoms with Gasteiger partial charge in [0.15, 0.2) is 0 Å². The SMILES string of the molecule is O=C(C=Cc1ccccc1[N+](=O)[O-])N1CCN(S(=O)(=O)c2cccc(Cl)c2)CC1. The molecule has 0 N–H and O–H groups in total. The van der Waals surface area contributed by atoms with E-state index in [1.165, 1.54) is 39.6 Å². The molecule has 152 valence electrons. The van der Waals surface area contributed by atoms with Gasteiger partial charge in [-0.25, -0.2) is 8.42 Å². The first-order valence-electron chi connectivity index (χ1n) is 8.75. The van der Waals surface area contributed by atoms with Gasteiger partial charge in [-0.1, -0.05) is 29.8 Å². The van der Waals surface area contributed by atoms with Crippen molar-refractivity contribution in [3.8, 4) is 0 Å². The number of hydrogen-bond donors (Lipinski definition) is 0. The third-order valence-corrected chi connectivity index (χ3v) is 6.65. The predicted molar refractivity (Wildman–Crippen MR) is 109 cm³/mol. The number of piperazine rings is 1. The van der Waals surface area contributed by atoms with Crippen LogP contribution in [0.15, 0.2) is 59.5 Å². The van der Waals surface area contributed by atoms with Crippen LogP contribution >= 0.6 is 11.6 Å². The van der Waals surface area contributed by atoms with Crippen molar-refractivity contribution in [1.82, 2.24) is 9.21 Å². The Kier molecular flexibility index (Phi) is 6.31. The molecule has 2 aromatic carbocycles. The molecule has 0 bridgehead atoms. The second kappa shape index (κ2) is 8.73. The summed E-state index contributed by atoms with van der Waals surface area (Å²) >= 11 is 5.88. The maximum absolute atomic E-state index is 12.7. The Bertz CT molecular complexity index is 1060. The van der Waals surface area contributed by atoms with E-state index in [1.807, 2.05) is 0 Å². The van der Waals surface area contributed by atoms with Crippen LogP contribution < -0.4 is 0 Å².